The maximum Gasteiger partial charge on any atom is 0.328 e. The van der Waals surface area contributed by atoms with Gasteiger partial charge in [-0.05, 0) is 36.2 Å². The van der Waals surface area contributed by atoms with Gasteiger partial charge in [0, 0.05) is 37.3 Å². The molecule has 0 spiro atoms. The number of piperazine rings is 1. The van der Waals surface area contributed by atoms with Crippen molar-refractivity contribution in [3.63, 3.8) is 0 Å². The van der Waals surface area contributed by atoms with Crippen LogP contribution in [0.15, 0.2) is 42.5 Å². The van der Waals surface area contributed by atoms with E-state index in [4.69, 9.17) is 37.9 Å². The zero-order valence-electron chi connectivity index (χ0n) is 21.0. The minimum absolute atomic E-state index is 0.00718. The largest absolute Gasteiger partial charge is 0.467 e. The number of aromatic nitrogens is 2. The Hall–Kier alpha value is -3.14. The van der Waals surface area contributed by atoms with Gasteiger partial charge < -0.3 is 20.3 Å². The summed E-state index contributed by atoms with van der Waals surface area (Å²) in [6.07, 6.45) is 0. The topological polar surface area (TPSA) is 99.7 Å². The maximum atomic E-state index is 12.7. The number of hydrogen-bond acceptors (Lipinski definition) is 7. The van der Waals surface area contributed by atoms with Gasteiger partial charge in [0.15, 0.2) is 0 Å². The third-order valence-electron chi connectivity index (χ3n) is 6.26. The first kappa shape index (κ1) is 26.9. The first-order chi connectivity index (χ1) is 17.7. The molecule has 2 aromatic carbocycles. The Morgan fingerprint density at radius 1 is 1.03 bits per heavy atom. The lowest BCUT2D eigenvalue weighted by atomic mass is 10.0. The van der Waals surface area contributed by atoms with Crippen molar-refractivity contribution in [2.45, 2.75) is 26.4 Å². The average molecular weight is 545 g/mol. The number of anilines is 2. The number of ether oxygens (including phenoxy) is 1. The van der Waals surface area contributed by atoms with Crippen LogP contribution in [0.2, 0.25) is 10.0 Å². The Kier molecular flexibility index (Phi) is 8.68. The van der Waals surface area contributed by atoms with E-state index in [1.807, 2.05) is 38.1 Å². The Morgan fingerprint density at radius 3 is 2.43 bits per heavy atom. The van der Waals surface area contributed by atoms with Crippen molar-refractivity contribution in [1.82, 2.24) is 19.8 Å². The number of hydrogen-bond donors (Lipinski definition) is 2. The zero-order chi connectivity index (χ0) is 26.5. The van der Waals surface area contributed by atoms with Crippen LogP contribution < -0.4 is 10.6 Å². The maximum absolute atomic E-state index is 12.7. The molecule has 0 bridgehead atoms. The minimum atomic E-state index is -0.534. The van der Waals surface area contributed by atoms with Crippen LogP contribution in [0.3, 0.4) is 0 Å². The molecule has 4 rings (SSSR count). The molecule has 1 atom stereocenters. The molecular formula is C26H30Cl2N6O3. The molecule has 1 saturated heterocycles. The number of fused-ring (bicyclic) bond motifs is 1. The predicted molar refractivity (Wildman–Crippen MR) is 146 cm³/mol. The Bertz CT molecular complexity index is 1280. The number of halogens is 2. The number of carbonyl (C=O) groups excluding carboxylic acids is 2. The Morgan fingerprint density at radius 2 is 1.76 bits per heavy atom. The Labute approximate surface area is 226 Å². The predicted octanol–water partition coefficient (Wildman–Crippen LogP) is 4.90. The second kappa shape index (κ2) is 11.9. The van der Waals surface area contributed by atoms with Crippen LogP contribution in [0.1, 0.15) is 19.7 Å². The summed E-state index contributed by atoms with van der Waals surface area (Å²) in [7, 11) is 1.38. The molecule has 1 aliphatic rings. The van der Waals surface area contributed by atoms with E-state index in [0.29, 0.717) is 60.1 Å². The molecule has 11 heteroatoms. The van der Waals surface area contributed by atoms with E-state index in [9.17, 15) is 9.59 Å². The molecule has 0 saturated carbocycles. The highest BCUT2D eigenvalue weighted by Crippen LogP contribution is 2.26. The van der Waals surface area contributed by atoms with Gasteiger partial charge in [-0.2, -0.15) is 0 Å². The fourth-order valence-electron chi connectivity index (χ4n) is 4.16. The second-order valence-electron chi connectivity index (χ2n) is 9.22. The molecule has 2 amide bonds. The molecule has 2 heterocycles. The van der Waals surface area contributed by atoms with Gasteiger partial charge in [0.1, 0.15) is 17.7 Å². The van der Waals surface area contributed by atoms with E-state index in [0.717, 1.165) is 10.9 Å². The summed E-state index contributed by atoms with van der Waals surface area (Å²) in [6, 6.07) is 12.0. The SMILES string of the molecule is COC(=O)[C@@H](Nc1nc(CN2CCN(C(=O)Nc3ccc(Cl)c(Cl)c3)CC2)nc2ccccc12)C(C)C. The molecule has 196 valence electrons. The van der Waals surface area contributed by atoms with Gasteiger partial charge in [0.2, 0.25) is 0 Å². The van der Waals surface area contributed by atoms with Crippen molar-refractivity contribution < 1.29 is 14.3 Å². The van der Waals surface area contributed by atoms with E-state index in [-0.39, 0.29) is 17.9 Å². The monoisotopic (exact) mass is 544 g/mol. The lowest BCUT2D eigenvalue weighted by Gasteiger charge is -2.34. The van der Waals surface area contributed by atoms with Crippen LogP contribution in [0, 0.1) is 5.92 Å². The summed E-state index contributed by atoms with van der Waals surface area (Å²) in [6.45, 7) is 6.89. The molecule has 2 N–H and O–H groups in total. The molecule has 3 aromatic rings. The van der Waals surface area contributed by atoms with Crippen molar-refractivity contribution >= 4 is 57.6 Å². The van der Waals surface area contributed by atoms with Crippen molar-refractivity contribution in [3.8, 4) is 0 Å². The molecule has 1 aliphatic heterocycles. The number of urea groups is 1. The highest BCUT2D eigenvalue weighted by atomic mass is 35.5. The molecule has 0 unspecified atom stereocenters. The summed E-state index contributed by atoms with van der Waals surface area (Å²) in [5, 5.41) is 7.81. The van der Waals surface area contributed by atoms with Gasteiger partial charge in [-0.25, -0.2) is 19.6 Å². The third kappa shape index (κ3) is 6.60. The van der Waals surface area contributed by atoms with Gasteiger partial charge in [0.05, 0.1) is 29.2 Å². The average Bonchev–Trinajstić information content (AvgIpc) is 2.89. The number of para-hydroxylation sites is 1. The number of rotatable bonds is 7. The zero-order valence-corrected chi connectivity index (χ0v) is 22.5. The van der Waals surface area contributed by atoms with Crippen LogP contribution in [0.4, 0.5) is 16.3 Å². The smallest absolute Gasteiger partial charge is 0.328 e. The van der Waals surface area contributed by atoms with Crippen LogP contribution in [-0.4, -0.2) is 71.1 Å². The molecule has 9 nitrogen and oxygen atoms in total. The van der Waals surface area contributed by atoms with Crippen LogP contribution in [-0.2, 0) is 16.1 Å². The van der Waals surface area contributed by atoms with Crippen molar-refractivity contribution in [1.29, 1.82) is 0 Å². The number of amides is 2. The van der Waals surface area contributed by atoms with Crippen molar-refractivity contribution in [2.75, 3.05) is 43.9 Å². The quantitative estimate of drug-likeness (QED) is 0.408. The molecule has 1 aromatic heterocycles. The summed E-state index contributed by atoms with van der Waals surface area (Å²) >= 11 is 12.0. The number of carbonyl (C=O) groups is 2. The van der Waals surface area contributed by atoms with Gasteiger partial charge in [-0.3, -0.25) is 4.90 Å². The van der Waals surface area contributed by atoms with E-state index < -0.39 is 6.04 Å². The molecular weight excluding hydrogens is 515 g/mol. The van der Waals surface area contributed by atoms with Gasteiger partial charge in [-0.15, -0.1) is 0 Å². The second-order valence-corrected chi connectivity index (χ2v) is 10.0. The van der Waals surface area contributed by atoms with E-state index in [1.54, 1.807) is 23.1 Å². The number of methoxy groups -OCH3 is 1. The number of benzene rings is 2. The normalized spacial score (nSPS) is 15.0. The number of nitrogens with one attached hydrogen (secondary N) is 2. The van der Waals surface area contributed by atoms with E-state index >= 15 is 0 Å². The van der Waals surface area contributed by atoms with Gasteiger partial charge in [-0.1, -0.05) is 49.2 Å². The number of esters is 1. The van der Waals surface area contributed by atoms with Crippen LogP contribution in [0.25, 0.3) is 10.9 Å². The first-order valence-electron chi connectivity index (χ1n) is 12.1. The highest BCUT2D eigenvalue weighted by Gasteiger charge is 2.26. The molecule has 0 aliphatic carbocycles. The standard InChI is InChI=1S/C26H30Cl2N6O3/c1-16(2)23(25(35)37-3)32-24-18-6-4-5-7-21(18)30-22(31-24)15-33-10-12-34(13-11-33)26(36)29-17-8-9-19(27)20(28)14-17/h4-9,14,16,23H,10-13,15H2,1-3H3,(H,29,36)(H,30,31,32)/t23-/m0/s1. The molecule has 37 heavy (non-hydrogen) atoms. The van der Waals surface area contributed by atoms with Crippen molar-refractivity contribution in [2.24, 2.45) is 5.92 Å². The number of nitrogens with zero attached hydrogens (tertiary/aromatic N) is 4. The van der Waals surface area contributed by atoms with Crippen LogP contribution in [0.5, 0.6) is 0 Å². The Balaban J connectivity index is 1.42. The first-order valence-corrected chi connectivity index (χ1v) is 12.8. The fourth-order valence-corrected chi connectivity index (χ4v) is 4.46. The highest BCUT2D eigenvalue weighted by molar-refractivity contribution is 6.42. The van der Waals surface area contributed by atoms with Crippen molar-refractivity contribution in [3.05, 3.63) is 58.3 Å². The fraction of sp³-hybridized carbons (Fsp3) is 0.385. The summed E-state index contributed by atoms with van der Waals surface area (Å²) < 4.78 is 4.98. The van der Waals surface area contributed by atoms with E-state index in [2.05, 4.69) is 15.5 Å². The lowest BCUT2D eigenvalue weighted by Crippen LogP contribution is -2.49. The molecule has 0 radical (unpaired) electrons. The minimum Gasteiger partial charge on any atom is -0.467 e. The lowest BCUT2D eigenvalue weighted by molar-refractivity contribution is -0.142. The van der Waals surface area contributed by atoms with Crippen LogP contribution >= 0.6 is 23.2 Å². The van der Waals surface area contributed by atoms with E-state index in [1.165, 1.54) is 7.11 Å². The summed E-state index contributed by atoms with van der Waals surface area (Å²) in [4.78, 5) is 38.5. The molecule has 1 fully saturated rings. The summed E-state index contributed by atoms with van der Waals surface area (Å²) in [5.74, 6) is 0.911. The third-order valence-corrected chi connectivity index (χ3v) is 7.00. The summed E-state index contributed by atoms with van der Waals surface area (Å²) in [5.41, 5.74) is 1.39. The van der Waals surface area contributed by atoms with Gasteiger partial charge in [0.25, 0.3) is 0 Å². The van der Waals surface area contributed by atoms with Gasteiger partial charge >= 0.3 is 12.0 Å².